The number of rotatable bonds is 2. The first-order chi connectivity index (χ1) is 6.09. The molecule has 1 aromatic carbocycles. The molecule has 0 saturated carbocycles. The van der Waals surface area contributed by atoms with E-state index in [1.807, 2.05) is 0 Å². The summed E-state index contributed by atoms with van der Waals surface area (Å²) in [4.78, 5) is 10.5. The van der Waals surface area contributed by atoms with Crippen molar-refractivity contribution < 1.29 is 9.18 Å². The molecule has 0 bridgehead atoms. The van der Waals surface area contributed by atoms with Crippen LogP contribution in [0.3, 0.4) is 0 Å². The van der Waals surface area contributed by atoms with E-state index >= 15 is 0 Å². The highest BCUT2D eigenvalue weighted by molar-refractivity contribution is 5.72. The maximum atomic E-state index is 12.5. The average Bonchev–Trinajstić information content (AvgIpc) is 2.04. The molecule has 0 fully saturated rings. The molecule has 0 unspecified atom stereocenters. The lowest BCUT2D eigenvalue weighted by Gasteiger charge is -2.11. The summed E-state index contributed by atoms with van der Waals surface area (Å²) in [5.41, 5.74) is 5.76. The molecule has 0 saturated heterocycles. The highest BCUT2D eigenvalue weighted by Gasteiger charge is 2.05. The summed E-state index contributed by atoms with van der Waals surface area (Å²) in [5.74, 6) is -0.296. The molecule has 3 nitrogen and oxygen atoms in total. The van der Waals surface area contributed by atoms with E-state index in [1.165, 1.54) is 12.1 Å². The first kappa shape index (κ1) is 9.51. The van der Waals surface area contributed by atoms with Crippen molar-refractivity contribution in [1.82, 2.24) is 5.32 Å². The number of nitrogens with two attached hydrogens (primary N) is 1. The van der Waals surface area contributed by atoms with Gasteiger partial charge in [0, 0.05) is 0 Å². The summed E-state index contributed by atoms with van der Waals surface area (Å²) < 4.78 is 12.5. The fourth-order valence-corrected chi connectivity index (χ4v) is 1.05. The predicted molar refractivity (Wildman–Crippen MR) is 47.5 cm³/mol. The molecule has 0 spiro atoms. The van der Waals surface area contributed by atoms with Crippen LogP contribution < -0.4 is 11.1 Å². The molecule has 0 aliphatic heterocycles. The van der Waals surface area contributed by atoms with Gasteiger partial charge in [-0.3, -0.25) is 0 Å². The SMILES string of the molecule is C[C@@H](NC(N)=O)c1ccc(F)cc1. The Kier molecular flexibility index (Phi) is 2.84. The van der Waals surface area contributed by atoms with Gasteiger partial charge in [0.1, 0.15) is 5.82 Å². The third kappa shape index (κ3) is 2.74. The van der Waals surface area contributed by atoms with Crippen molar-refractivity contribution in [3.8, 4) is 0 Å². The number of halogens is 1. The summed E-state index contributed by atoms with van der Waals surface area (Å²) in [6.45, 7) is 1.78. The molecule has 4 heteroatoms. The molecular formula is C9H11FN2O. The van der Waals surface area contributed by atoms with Crippen molar-refractivity contribution in [1.29, 1.82) is 0 Å². The van der Waals surface area contributed by atoms with E-state index in [4.69, 9.17) is 5.73 Å². The molecule has 0 heterocycles. The number of nitrogens with one attached hydrogen (secondary N) is 1. The molecular weight excluding hydrogens is 171 g/mol. The Morgan fingerprint density at radius 1 is 1.46 bits per heavy atom. The van der Waals surface area contributed by atoms with Crippen LogP contribution in [0.25, 0.3) is 0 Å². The van der Waals surface area contributed by atoms with Gasteiger partial charge < -0.3 is 11.1 Å². The number of carbonyl (C=O) groups excluding carboxylic acids is 1. The fourth-order valence-electron chi connectivity index (χ4n) is 1.05. The molecule has 1 atom stereocenters. The number of hydrogen-bond acceptors (Lipinski definition) is 1. The van der Waals surface area contributed by atoms with Crippen molar-refractivity contribution in [2.75, 3.05) is 0 Å². The quantitative estimate of drug-likeness (QED) is 0.716. The summed E-state index contributed by atoms with van der Waals surface area (Å²) >= 11 is 0. The van der Waals surface area contributed by atoms with Crippen LogP contribution in [0.5, 0.6) is 0 Å². The second-order valence-electron chi connectivity index (χ2n) is 2.78. The second-order valence-corrected chi connectivity index (χ2v) is 2.78. The van der Waals surface area contributed by atoms with Gasteiger partial charge in [-0.05, 0) is 24.6 Å². The third-order valence-corrected chi connectivity index (χ3v) is 1.73. The van der Waals surface area contributed by atoms with Gasteiger partial charge in [-0.2, -0.15) is 0 Å². The Bertz CT molecular complexity index is 297. The molecule has 0 aromatic heterocycles. The lowest BCUT2D eigenvalue weighted by Crippen LogP contribution is -2.31. The van der Waals surface area contributed by atoms with Crippen LogP contribution in [0, 0.1) is 5.82 Å². The Balaban J connectivity index is 2.71. The third-order valence-electron chi connectivity index (χ3n) is 1.73. The Hall–Kier alpha value is -1.58. The lowest BCUT2D eigenvalue weighted by atomic mass is 10.1. The zero-order valence-electron chi connectivity index (χ0n) is 7.25. The van der Waals surface area contributed by atoms with Crippen molar-refractivity contribution in [3.63, 3.8) is 0 Å². The van der Waals surface area contributed by atoms with E-state index in [0.717, 1.165) is 5.56 Å². The summed E-state index contributed by atoms with van der Waals surface area (Å²) in [7, 11) is 0. The highest BCUT2D eigenvalue weighted by Crippen LogP contribution is 2.11. The largest absolute Gasteiger partial charge is 0.352 e. The van der Waals surface area contributed by atoms with Crippen molar-refractivity contribution in [2.45, 2.75) is 13.0 Å². The topological polar surface area (TPSA) is 55.1 Å². The number of amides is 2. The fraction of sp³-hybridized carbons (Fsp3) is 0.222. The minimum absolute atomic E-state index is 0.196. The monoisotopic (exact) mass is 182 g/mol. The normalized spacial score (nSPS) is 12.2. The van der Waals surface area contributed by atoms with Gasteiger partial charge in [-0.1, -0.05) is 12.1 Å². The molecule has 3 N–H and O–H groups in total. The molecule has 0 aliphatic rings. The van der Waals surface area contributed by atoms with Gasteiger partial charge in [-0.25, -0.2) is 9.18 Å². The van der Waals surface area contributed by atoms with Gasteiger partial charge in [0.15, 0.2) is 0 Å². The van der Waals surface area contributed by atoms with Crippen LogP contribution in [0.1, 0.15) is 18.5 Å². The zero-order chi connectivity index (χ0) is 9.84. The van der Waals surface area contributed by atoms with Crippen molar-refractivity contribution in [2.24, 2.45) is 5.73 Å². The number of urea groups is 1. The van der Waals surface area contributed by atoms with Gasteiger partial charge >= 0.3 is 6.03 Å². The maximum absolute atomic E-state index is 12.5. The first-order valence-electron chi connectivity index (χ1n) is 3.91. The van der Waals surface area contributed by atoms with Gasteiger partial charge in [0.05, 0.1) is 6.04 Å². The van der Waals surface area contributed by atoms with E-state index in [9.17, 15) is 9.18 Å². The smallest absolute Gasteiger partial charge is 0.312 e. The molecule has 1 aromatic rings. The van der Waals surface area contributed by atoms with E-state index in [2.05, 4.69) is 5.32 Å². The van der Waals surface area contributed by atoms with Crippen LogP contribution >= 0.6 is 0 Å². The van der Waals surface area contributed by atoms with E-state index in [1.54, 1.807) is 19.1 Å². The van der Waals surface area contributed by atoms with Crippen LogP contribution in [0.2, 0.25) is 0 Å². The zero-order valence-corrected chi connectivity index (χ0v) is 7.25. The van der Waals surface area contributed by atoms with Crippen LogP contribution in [-0.2, 0) is 0 Å². The first-order valence-corrected chi connectivity index (χ1v) is 3.91. The minimum Gasteiger partial charge on any atom is -0.352 e. The second kappa shape index (κ2) is 3.89. The number of primary amides is 1. The van der Waals surface area contributed by atoms with E-state index in [-0.39, 0.29) is 11.9 Å². The molecule has 2 amide bonds. The Morgan fingerprint density at radius 3 is 2.46 bits per heavy atom. The molecule has 1 rings (SSSR count). The van der Waals surface area contributed by atoms with Gasteiger partial charge in [-0.15, -0.1) is 0 Å². The van der Waals surface area contributed by atoms with Crippen molar-refractivity contribution in [3.05, 3.63) is 35.6 Å². The predicted octanol–water partition coefficient (Wildman–Crippen LogP) is 1.56. The Morgan fingerprint density at radius 2 is 2.00 bits per heavy atom. The van der Waals surface area contributed by atoms with Gasteiger partial charge in [0.25, 0.3) is 0 Å². The molecule has 0 radical (unpaired) electrons. The van der Waals surface area contributed by atoms with E-state index < -0.39 is 6.03 Å². The summed E-state index contributed by atoms with van der Waals surface area (Å²) in [6.07, 6.45) is 0. The Labute approximate surface area is 75.7 Å². The van der Waals surface area contributed by atoms with Crippen LogP contribution in [0.15, 0.2) is 24.3 Å². The van der Waals surface area contributed by atoms with Gasteiger partial charge in [0.2, 0.25) is 0 Å². The number of hydrogen-bond donors (Lipinski definition) is 2. The summed E-state index contributed by atoms with van der Waals surface area (Å²) in [6, 6.07) is 5.12. The number of carbonyl (C=O) groups is 1. The molecule has 0 aliphatic carbocycles. The number of benzene rings is 1. The summed E-state index contributed by atoms with van der Waals surface area (Å²) in [5, 5.41) is 2.49. The van der Waals surface area contributed by atoms with Crippen molar-refractivity contribution >= 4 is 6.03 Å². The average molecular weight is 182 g/mol. The van der Waals surface area contributed by atoms with Crippen LogP contribution in [0.4, 0.5) is 9.18 Å². The molecule has 13 heavy (non-hydrogen) atoms. The van der Waals surface area contributed by atoms with E-state index in [0.29, 0.717) is 0 Å². The highest BCUT2D eigenvalue weighted by atomic mass is 19.1. The van der Waals surface area contributed by atoms with Crippen LogP contribution in [-0.4, -0.2) is 6.03 Å². The molecule has 70 valence electrons. The minimum atomic E-state index is -0.586. The maximum Gasteiger partial charge on any atom is 0.312 e. The standard InChI is InChI=1S/C9H11FN2O/c1-6(12-9(11)13)7-2-4-8(10)5-3-7/h2-6H,1H3,(H3,11,12,13)/t6-/m1/s1. The lowest BCUT2D eigenvalue weighted by molar-refractivity contribution is 0.246.